The van der Waals surface area contributed by atoms with Crippen molar-refractivity contribution in [3.63, 3.8) is 0 Å². The number of esters is 1. The fourth-order valence-electron chi connectivity index (χ4n) is 7.20. The molecule has 2 bridgehead atoms. The van der Waals surface area contributed by atoms with Crippen LogP contribution in [-0.2, 0) is 23.9 Å². The molecule has 4 aliphatic rings. The van der Waals surface area contributed by atoms with Crippen molar-refractivity contribution in [1.29, 1.82) is 0 Å². The summed E-state index contributed by atoms with van der Waals surface area (Å²) in [6.45, 7) is 9.68. The molecule has 4 rings (SSSR count). The molecule has 1 aliphatic carbocycles. The highest BCUT2D eigenvalue weighted by Crippen LogP contribution is 2.64. The third-order valence-electron chi connectivity index (χ3n) is 8.76. The first-order chi connectivity index (χ1) is 16.3. The number of aliphatic hydroxyl groups excluding tert-OH is 1. The van der Waals surface area contributed by atoms with Gasteiger partial charge in [0.2, 0.25) is 11.8 Å². The van der Waals surface area contributed by atoms with Crippen LogP contribution in [0.1, 0.15) is 72.1 Å². The normalized spacial score (nSPS) is 35.8. The van der Waals surface area contributed by atoms with Crippen LogP contribution in [0.4, 0.5) is 0 Å². The monoisotopic (exact) mass is 476 g/mol. The van der Waals surface area contributed by atoms with E-state index in [9.17, 15) is 19.5 Å². The Balaban J connectivity index is 1.79. The highest BCUT2D eigenvalue weighted by Gasteiger charge is 2.79. The van der Waals surface area contributed by atoms with Crippen LogP contribution in [0.25, 0.3) is 0 Å². The molecule has 6 atom stereocenters. The van der Waals surface area contributed by atoms with Crippen LogP contribution in [0.2, 0.25) is 0 Å². The Labute approximate surface area is 202 Å². The topological polar surface area (TPSA) is 96.4 Å². The molecule has 1 saturated carbocycles. The van der Waals surface area contributed by atoms with E-state index in [1.54, 1.807) is 19.9 Å². The molecule has 1 spiro atoms. The number of fused-ring (bicyclic) bond motifs is 1. The molecule has 1 N–H and O–H groups in total. The van der Waals surface area contributed by atoms with Gasteiger partial charge in [0.1, 0.15) is 17.6 Å². The largest absolute Gasteiger partial charge is 0.466 e. The molecule has 2 unspecified atom stereocenters. The molecular formula is C26H40N2O6. The van der Waals surface area contributed by atoms with Gasteiger partial charge in [-0.1, -0.05) is 32.3 Å². The van der Waals surface area contributed by atoms with Crippen molar-refractivity contribution in [2.75, 3.05) is 19.8 Å². The number of hydrogen-bond donors (Lipinski definition) is 1. The van der Waals surface area contributed by atoms with Gasteiger partial charge in [-0.05, 0) is 46.0 Å². The first-order valence-corrected chi connectivity index (χ1v) is 13.0. The third kappa shape index (κ3) is 3.60. The van der Waals surface area contributed by atoms with Crippen molar-refractivity contribution in [2.45, 2.75) is 101 Å². The highest BCUT2D eigenvalue weighted by atomic mass is 16.6. The SMILES string of the molecule is C=CCN(C(=O)C1N([C@H](C)CO)C(=O)[C@@H]2[C@H](C(=O)OCC)[C@]3(CC)CCC12O3)C1CCCCC1. The van der Waals surface area contributed by atoms with Crippen LogP contribution in [0.15, 0.2) is 12.7 Å². The van der Waals surface area contributed by atoms with Gasteiger partial charge in [0.05, 0.1) is 30.8 Å². The first-order valence-electron chi connectivity index (χ1n) is 13.0. The molecule has 3 heterocycles. The minimum atomic E-state index is -1.08. The van der Waals surface area contributed by atoms with Crippen LogP contribution in [0.3, 0.4) is 0 Å². The zero-order valence-corrected chi connectivity index (χ0v) is 20.8. The molecule has 4 fully saturated rings. The molecule has 3 aliphatic heterocycles. The lowest BCUT2D eigenvalue weighted by Crippen LogP contribution is -2.60. The number of amides is 2. The van der Waals surface area contributed by atoms with Crippen LogP contribution in [-0.4, -0.2) is 81.8 Å². The molecule has 8 heteroatoms. The smallest absolute Gasteiger partial charge is 0.312 e. The fourth-order valence-corrected chi connectivity index (χ4v) is 7.20. The first kappa shape index (κ1) is 25.2. The molecule has 8 nitrogen and oxygen atoms in total. The summed E-state index contributed by atoms with van der Waals surface area (Å²) >= 11 is 0. The second-order valence-corrected chi connectivity index (χ2v) is 10.4. The second-order valence-electron chi connectivity index (χ2n) is 10.4. The summed E-state index contributed by atoms with van der Waals surface area (Å²) in [4.78, 5) is 44.8. The number of hydrogen-bond acceptors (Lipinski definition) is 6. The second kappa shape index (κ2) is 9.61. The standard InChI is InChI=1S/C26H40N2O6/c1-5-15-27(18-11-9-8-10-12-18)23(31)21-26-14-13-25(6-2,34-26)20(24(32)33-7-3)19(26)22(30)28(21)17(4)16-29/h5,17-21,29H,1,6-16H2,2-4H3/t17-,19+,20-,21?,25+,26?/m1/s1. The number of rotatable bonds is 9. The summed E-state index contributed by atoms with van der Waals surface area (Å²) < 4.78 is 12.1. The molecular weight excluding hydrogens is 436 g/mol. The summed E-state index contributed by atoms with van der Waals surface area (Å²) in [5.74, 6) is -2.38. The van der Waals surface area contributed by atoms with Gasteiger partial charge in [-0.15, -0.1) is 6.58 Å². The van der Waals surface area contributed by atoms with E-state index >= 15 is 0 Å². The van der Waals surface area contributed by atoms with Crippen LogP contribution < -0.4 is 0 Å². The van der Waals surface area contributed by atoms with E-state index in [2.05, 4.69) is 6.58 Å². The maximum absolute atomic E-state index is 14.3. The lowest BCUT2D eigenvalue weighted by Gasteiger charge is -2.42. The lowest BCUT2D eigenvalue weighted by molar-refractivity contribution is -0.163. The van der Waals surface area contributed by atoms with E-state index in [-0.39, 0.29) is 31.1 Å². The van der Waals surface area contributed by atoms with E-state index < -0.39 is 41.1 Å². The van der Waals surface area contributed by atoms with E-state index in [0.717, 1.165) is 32.1 Å². The van der Waals surface area contributed by atoms with Crippen LogP contribution in [0, 0.1) is 11.8 Å². The van der Waals surface area contributed by atoms with Gasteiger partial charge in [-0.25, -0.2) is 0 Å². The van der Waals surface area contributed by atoms with Crippen LogP contribution >= 0.6 is 0 Å². The molecule has 2 amide bonds. The van der Waals surface area contributed by atoms with Crippen LogP contribution in [0.5, 0.6) is 0 Å². The van der Waals surface area contributed by atoms with Gasteiger partial charge >= 0.3 is 5.97 Å². The quantitative estimate of drug-likeness (QED) is 0.406. The molecule has 0 aromatic heterocycles. The maximum Gasteiger partial charge on any atom is 0.312 e. The number of nitrogens with zero attached hydrogens (tertiary/aromatic N) is 2. The van der Waals surface area contributed by atoms with Gasteiger partial charge in [0, 0.05) is 12.6 Å². The third-order valence-corrected chi connectivity index (χ3v) is 8.76. The predicted molar refractivity (Wildman–Crippen MR) is 126 cm³/mol. The van der Waals surface area contributed by atoms with E-state index in [4.69, 9.17) is 9.47 Å². The van der Waals surface area contributed by atoms with Gasteiger partial charge in [-0.3, -0.25) is 14.4 Å². The Bertz CT molecular complexity index is 826. The number of likely N-dealkylation sites (tertiary alicyclic amines) is 1. The van der Waals surface area contributed by atoms with Crippen molar-refractivity contribution in [2.24, 2.45) is 11.8 Å². The zero-order valence-electron chi connectivity index (χ0n) is 20.8. The summed E-state index contributed by atoms with van der Waals surface area (Å²) in [5, 5.41) is 10.0. The van der Waals surface area contributed by atoms with E-state index in [0.29, 0.717) is 25.8 Å². The summed E-state index contributed by atoms with van der Waals surface area (Å²) in [6, 6.07) is -1.35. The van der Waals surface area contributed by atoms with Gasteiger partial charge in [0.15, 0.2) is 0 Å². The average Bonchev–Trinajstić information content (AvgIpc) is 3.46. The van der Waals surface area contributed by atoms with Crippen molar-refractivity contribution < 1.29 is 29.0 Å². The van der Waals surface area contributed by atoms with Gasteiger partial charge < -0.3 is 24.4 Å². The van der Waals surface area contributed by atoms with Crippen molar-refractivity contribution in [3.8, 4) is 0 Å². The number of carbonyl (C=O) groups excluding carboxylic acids is 3. The van der Waals surface area contributed by atoms with E-state index in [1.807, 2.05) is 11.8 Å². The molecule has 3 saturated heterocycles. The van der Waals surface area contributed by atoms with Crippen molar-refractivity contribution >= 4 is 17.8 Å². The number of ether oxygens (including phenoxy) is 2. The minimum absolute atomic E-state index is 0.0932. The summed E-state index contributed by atoms with van der Waals surface area (Å²) in [6.07, 6.45) is 8.60. The number of aliphatic hydroxyl groups is 1. The Morgan fingerprint density at radius 3 is 2.59 bits per heavy atom. The Kier molecular flexibility index (Phi) is 7.11. The maximum atomic E-state index is 14.3. The van der Waals surface area contributed by atoms with Crippen molar-refractivity contribution in [3.05, 3.63) is 12.7 Å². The lowest BCUT2D eigenvalue weighted by atomic mass is 9.65. The van der Waals surface area contributed by atoms with E-state index in [1.165, 1.54) is 4.90 Å². The Morgan fingerprint density at radius 2 is 2.00 bits per heavy atom. The summed E-state index contributed by atoms with van der Waals surface area (Å²) in [5.41, 5.74) is -1.88. The molecule has 34 heavy (non-hydrogen) atoms. The summed E-state index contributed by atoms with van der Waals surface area (Å²) in [7, 11) is 0. The highest BCUT2D eigenvalue weighted by molar-refractivity contribution is 5.98. The fraction of sp³-hybridized carbons (Fsp3) is 0.808. The Morgan fingerprint density at radius 1 is 1.29 bits per heavy atom. The average molecular weight is 477 g/mol. The molecule has 0 aromatic carbocycles. The molecule has 0 aromatic rings. The zero-order chi connectivity index (χ0) is 24.7. The molecule has 190 valence electrons. The Hall–Kier alpha value is -1.93. The molecule has 0 radical (unpaired) electrons. The minimum Gasteiger partial charge on any atom is -0.466 e. The van der Waals surface area contributed by atoms with Crippen molar-refractivity contribution in [1.82, 2.24) is 9.80 Å². The predicted octanol–water partition coefficient (Wildman–Crippen LogP) is 2.43. The van der Waals surface area contributed by atoms with Gasteiger partial charge in [0.25, 0.3) is 0 Å². The van der Waals surface area contributed by atoms with Gasteiger partial charge in [-0.2, -0.15) is 0 Å². The number of carbonyl (C=O) groups is 3.